The van der Waals surface area contributed by atoms with E-state index in [9.17, 15) is 4.79 Å². The molecule has 0 amide bonds. The Morgan fingerprint density at radius 2 is 2.33 bits per heavy atom. The Morgan fingerprint density at radius 1 is 1.43 bits per heavy atom. The van der Waals surface area contributed by atoms with Crippen molar-refractivity contribution in [3.05, 3.63) is 38.4 Å². The van der Waals surface area contributed by atoms with Crippen LogP contribution in [0.25, 0.3) is 10.6 Å². The molecule has 3 heterocycles. The van der Waals surface area contributed by atoms with Gasteiger partial charge < -0.3 is 0 Å². The second-order valence-electron chi connectivity index (χ2n) is 4.41. The maximum Gasteiger partial charge on any atom is 0.343 e. The van der Waals surface area contributed by atoms with Crippen molar-refractivity contribution in [3.63, 3.8) is 0 Å². The fourth-order valence-electron chi connectivity index (χ4n) is 1.86. The van der Waals surface area contributed by atoms with Crippen LogP contribution in [0.15, 0.2) is 32.2 Å². The summed E-state index contributed by atoms with van der Waals surface area (Å²) in [6.45, 7) is 2.73. The summed E-state index contributed by atoms with van der Waals surface area (Å²) < 4.78 is 1.68. The first-order valence-electron chi connectivity index (χ1n) is 6.53. The average Bonchev–Trinajstić information content (AvgIpc) is 3.19. The van der Waals surface area contributed by atoms with E-state index < -0.39 is 0 Å². The molecule has 0 bridgehead atoms. The first kappa shape index (κ1) is 14.6. The normalized spacial score (nSPS) is 11.1. The topological polar surface area (TPSA) is 63.6 Å². The highest BCUT2D eigenvalue weighted by molar-refractivity contribution is 7.98. The van der Waals surface area contributed by atoms with Crippen LogP contribution < -0.4 is 5.69 Å². The molecule has 21 heavy (non-hydrogen) atoms. The lowest BCUT2D eigenvalue weighted by Crippen LogP contribution is -2.17. The van der Waals surface area contributed by atoms with E-state index in [1.165, 1.54) is 17.3 Å². The van der Waals surface area contributed by atoms with Crippen LogP contribution >= 0.6 is 34.4 Å². The molecule has 0 radical (unpaired) electrons. The van der Waals surface area contributed by atoms with Gasteiger partial charge in [0, 0.05) is 28.6 Å². The molecule has 0 atom stereocenters. The van der Waals surface area contributed by atoms with E-state index in [4.69, 9.17) is 0 Å². The highest BCUT2D eigenvalue weighted by Gasteiger charge is 2.10. The lowest BCUT2D eigenvalue weighted by Gasteiger charge is -2.01. The molecule has 0 spiro atoms. The molecule has 0 aliphatic heterocycles. The Bertz CT molecular complexity index is 757. The maximum atomic E-state index is 11.6. The SMILES string of the molecule is CCCn1c(SCc2csc(-c3ccsc3)n2)n[nH]c1=O. The van der Waals surface area contributed by atoms with Crippen molar-refractivity contribution < 1.29 is 0 Å². The predicted molar refractivity (Wildman–Crippen MR) is 88.1 cm³/mol. The van der Waals surface area contributed by atoms with E-state index in [0.717, 1.165) is 22.3 Å². The number of hydrogen-bond donors (Lipinski definition) is 1. The summed E-state index contributed by atoms with van der Waals surface area (Å²) in [7, 11) is 0. The highest BCUT2D eigenvalue weighted by atomic mass is 32.2. The molecule has 0 saturated heterocycles. The Kier molecular flexibility index (Phi) is 4.57. The summed E-state index contributed by atoms with van der Waals surface area (Å²) in [5, 5.41) is 14.6. The van der Waals surface area contributed by atoms with E-state index in [1.54, 1.807) is 27.2 Å². The fourth-order valence-corrected chi connectivity index (χ4v) is 4.37. The number of H-pyrrole nitrogens is 1. The van der Waals surface area contributed by atoms with E-state index in [1.807, 2.05) is 6.92 Å². The van der Waals surface area contributed by atoms with Gasteiger partial charge in [0.05, 0.1) is 5.69 Å². The van der Waals surface area contributed by atoms with Gasteiger partial charge in [0.1, 0.15) is 5.01 Å². The number of nitrogens with zero attached hydrogens (tertiary/aromatic N) is 3. The Balaban J connectivity index is 1.70. The molecule has 110 valence electrons. The van der Waals surface area contributed by atoms with E-state index in [2.05, 4.69) is 37.4 Å². The largest absolute Gasteiger partial charge is 0.343 e. The smallest absolute Gasteiger partial charge is 0.270 e. The van der Waals surface area contributed by atoms with Crippen LogP contribution in [0.1, 0.15) is 19.0 Å². The molecule has 8 heteroatoms. The molecule has 0 aliphatic carbocycles. The minimum atomic E-state index is -0.142. The van der Waals surface area contributed by atoms with E-state index in [0.29, 0.717) is 12.3 Å². The van der Waals surface area contributed by atoms with E-state index in [-0.39, 0.29) is 5.69 Å². The zero-order valence-electron chi connectivity index (χ0n) is 11.4. The number of nitrogens with one attached hydrogen (secondary N) is 1. The van der Waals surface area contributed by atoms with Crippen LogP contribution in [0.4, 0.5) is 0 Å². The minimum absolute atomic E-state index is 0.142. The maximum absolute atomic E-state index is 11.6. The molecule has 0 aliphatic rings. The number of thiophene rings is 1. The predicted octanol–water partition coefficient (Wildman–Crippen LogP) is 3.46. The quantitative estimate of drug-likeness (QED) is 0.699. The van der Waals surface area contributed by atoms with Gasteiger partial charge >= 0.3 is 5.69 Å². The summed E-state index contributed by atoms with van der Waals surface area (Å²) in [6.07, 6.45) is 0.909. The molecule has 3 aromatic rings. The van der Waals surface area contributed by atoms with Crippen molar-refractivity contribution >= 4 is 34.4 Å². The molecular weight excluding hydrogens is 324 g/mol. The number of aromatic nitrogens is 4. The van der Waals surface area contributed by atoms with Gasteiger partial charge in [-0.2, -0.15) is 11.3 Å². The standard InChI is InChI=1S/C13H14N4OS3/c1-2-4-17-12(18)15-16-13(17)21-8-10-7-20-11(14-10)9-3-5-19-6-9/h3,5-7H,2,4,8H2,1H3,(H,15,18). The van der Waals surface area contributed by atoms with E-state index >= 15 is 0 Å². The van der Waals surface area contributed by atoms with Gasteiger partial charge in [-0.3, -0.25) is 4.57 Å². The molecule has 0 saturated carbocycles. The highest BCUT2D eigenvalue weighted by Crippen LogP contribution is 2.28. The third-order valence-corrected chi connectivity index (χ3v) is 5.47. The number of thiazole rings is 1. The molecule has 0 unspecified atom stereocenters. The zero-order chi connectivity index (χ0) is 14.7. The number of rotatable bonds is 6. The van der Waals surface area contributed by atoms with Gasteiger partial charge in [-0.15, -0.1) is 16.4 Å². The number of hydrogen-bond acceptors (Lipinski definition) is 6. The Hall–Kier alpha value is -1.38. The molecule has 0 aromatic carbocycles. The fraction of sp³-hybridized carbons (Fsp3) is 0.308. The van der Waals surface area contributed by atoms with Gasteiger partial charge in [-0.1, -0.05) is 18.7 Å². The molecule has 1 N–H and O–H groups in total. The molecular formula is C13H14N4OS3. The average molecular weight is 338 g/mol. The second-order valence-corrected chi connectivity index (χ2v) is 6.99. The van der Waals surface area contributed by atoms with Crippen LogP contribution in [0.5, 0.6) is 0 Å². The lowest BCUT2D eigenvalue weighted by atomic mass is 10.4. The van der Waals surface area contributed by atoms with Crippen molar-refractivity contribution in [2.45, 2.75) is 30.8 Å². The van der Waals surface area contributed by atoms with Crippen molar-refractivity contribution in [3.8, 4) is 10.6 Å². The number of thioether (sulfide) groups is 1. The zero-order valence-corrected chi connectivity index (χ0v) is 13.9. The molecule has 5 nitrogen and oxygen atoms in total. The van der Waals surface area contributed by atoms with Gasteiger partial charge in [-0.05, 0) is 17.9 Å². The Labute approximate surface area is 134 Å². The summed E-state index contributed by atoms with van der Waals surface area (Å²) in [4.78, 5) is 16.2. The third kappa shape index (κ3) is 3.28. The summed E-state index contributed by atoms with van der Waals surface area (Å²) >= 11 is 4.86. The Morgan fingerprint density at radius 3 is 3.10 bits per heavy atom. The third-order valence-electron chi connectivity index (χ3n) is 2.84. The van der Waals surface area contributed by atoms with Crippen LogP contribution in [0.2, 0.25) is 0 Å². The first-order chi connectivity index (χ1) is 10.3. The van der Waals surface area contributed by atoms with Gasteiger partial charge in [0.15, 0.2) is 5.16 Å². The van der Waals surface area contributed by atoms with Crippen molar-refractivity contribution in [1.29, 1.82) is 0 Å². The summed E-state index contributed by atoms with van der Waals surface area (Å²) in [5.41, 5.74) is 2.05. The molecule has 3 rings (SSSR count). The second kappa shape index (κ2) is 6.59. The molecule has 0 fully saturated rings. The number of aromatic amines is 1. The van der Waals surface area contributed by atoms with Crippen molar-refractivity contribution in [2.75, 3.05) is 0 Å². The summed E-state index contributed by atoms with van der Waals surface area (Å²) in [6, 6.07) is 2.08. The van der Waals surface area contributed by atoms with Crippen molar-refractivity contribution in [2.24, 2.45) is 0 Å². The van der Waals surface area contributed by atoms with Gasteiger partial charge in [0.25, 0.3) is 0 Å². The van der Waals surface area contributed by atoms with Crippen LogP contribution in [0, 0.1) is 0 Å². The van der Waals surface area contributed by atoms with Gasteiger partial charge in [0.2, 0.25) is 0 Å². The summed E-state index contributed by atoms with van der Waals surface area (Å²) in [5.74, 6) is 0.717. The van der Waals surface area contributed by atoms with Crippen LogP contribution in [0.3, 0.4) is 0 Å². The first-order valence-corrected chi connectivity index (χ1v) is 9.33. The molecule has 3 aromatic heterocycles. The van der Waals surface area contributed by atoms with Crippen molar-refractivity contribution in [1.82, 2.24) is 19.7 Å². The lowest BCUT2D eigenvalue weighted by molar-refractivity contribution is 0.604. The van der Waals surface area contributed by atoms with Crippen LogP contribution in [-0.4, -0.2) is 19.7 Å². The van der Waals surface area contributed by atoms with Crippen LogP contribution in [-0.2, 0) is 12.3 Å². The monoisotopic (exact) mass is 338 g/mol. The minimum Gasteiger partial charge on any atom is -0.270 e. The van der Waals surface area contributed by atoms with Gasteiger partial charge in [-0.25, -0.2) is 14.9 Å².